The molecule has 0 N–H and O–H groups in total. The first-order valence-electron chi connectivity index (χ1n) is 7.42. The van der Waals surface area contributed by atoms with Gasteiger partial charge in [0.15, 0.2) is 5.82 Å². The van der Waals surface area contributed by atoms with E-state index in [-0.39, 0.29) is 23.7 Å². The standard InChI is InChI=1S/C16H18FN3O2/c1-10(2)15-18-16(22-19-15)13-7-8-14(21)20(13)9-11-3-5-12(17)6-4-11/h3-6,10,13H,7-9H2,1-2H3. The smallest absolute Gasteiger partial charge is 0.249 e. The topological polar surface area (TPSA) is 59.2 Å². The third-order valence-corrected chi connectivity index (χ3v) is 3.85. The van der Waals surface area contributed by atoms with E-state index in [0.29, 0.717) is 31.1 Å². The van der Waals surface area contributed by atoms with E-state index in [1.54, 1.807) is 17.0 Å². The summed E-state index contributed by atoms with van der Waals surface area (Å²) in [6, 6.07) is 5.97. The number of nitrogens with zero attached hydrogens (tertiary/aromatic N) is 3. The second kappa shape index (κ2) is 5.87. The first kappa shape index (κ1) is 14.7. The van der Waals surface area contributed by atoms with Crippen LogP contribution in [0.1, 0.15) is 55.9 Å². The molecule has 0 aliphatic carbocycles. The van der Waals surface area contributed by atoms with Crippen LogP contribution in [0.5, 0.6) is 0 Å². The predicted octanol–water partition coefficient (Wildman–Crippen LogP) is 3.20. The maximum Gasteiger partial charge on any atom is 0.249 e. The van der Waals surface area contributed by atoms with E-state index in [2.05, 4.69) is 10.1 Å². The average Bonchev–Trinajstić information content (AvgIpc) is 3.09. The number of halogens is 1. The van der Waals surface area contributed by atoms with Crippen LogP contribution in [0.3, 0.4) is 0 Å². The van der Waals surface area contributed by atoms with Gasteiger partial charge in [-0.1, -0.05) is 31.1 Å². The van der Waals surface area contributed by atoms with Gasteiger partial charge in [-0.25, -0.2) is 4.39 Å². The van der Waals surface area contributed by atoms with Crippen molar-refractivity contribution in [3.05, 3.63) is 47.4 Å². The molecule has 0 radical (unpaired) electrons. The Hall–Kier alpha value is -2.24. The summed E-state index contributed by atoms with van der Waals surface area (Å²) in [5.41, 5.74) is 0.880. The van der Waals surface area contributed by atoms with Gasteiger partial charge in [-0.15, -0.1) is 0 Å². The van der Waals surface area contributed by atoms with E-state index < -0.39 is 0 Å². The largest absolute Gasteiger partial charge is 0.337 e. The normalized spacial score (nSPS) is 18.5. The quantitative estimate of drug-likeness (QED) is 0.870. The summed E-state index contributed by atoms with van der Waals surface area (Å²) in [5, 5.41) is 3.96. The predicted molar refractivity (Wildman–Crippen MR) is 77.3 cm³/mol. The zero-order valence-corrected chi connectivity index (χ0v) is 12.6. The Bertz CT molecular complexity index is 666. The fraction of sp³-hybridized carbons (Fsp3) is 0.438. The Morgan fingerprint density at radius 1 is 1.36 bits per heavy atom. The number of likely N-dealkylation sites (tertiary alicyclic amines) is 1. The fourth-order valence-corrected chi connectivity index (χ4v) is 2.59. The van der Waals surface area contributed by atoms with Crippen molar-refractivity contribution in [2.24, 2.45) is 0 Å². The maximum absolute atomic E-state index is 13.0. The molecule has 1 fully saturated rings. The highest BCUT2D eigenvalue weighted by Gasteiger charge is 2.36. The van der Waals surface area contributed by atoms with E-state index in [0.717, 1.165) is 5.56 Å². The molecule has 0 saturated carbocycles. The van der Waals surface area contributed by atoms with Crippen molar-refractivity contribution >= 4 is 5.91 Å². The molecule has 0 spiro atoms. The Kier molecular flexibility index (Phi) is 3.92. The van der Waals surface area contributed by atoms with Gasteiger partial charge >= 0.3 is 0 Å². The molecule has 2 aromatic rings. The van der Waals surface area contributed by atoms with Gasteiger partial charge in [0, 0.05) is 18.9 Å². The maximum atomic E-state index is 13.0. The molecule has 1 amide bonds. The molecule has 5 nitrogen and oxygen atoms in total. The summed E-state index contributed by atoms with van der Waals surface area (Å²) >= 11 is 0. The van der Waals surface area contributed by atoms with Gasteiger partial charge in [-0.3, -0.25) is 4.79 Å². The van der Waals surface area contributed by atoms with Crippen LogP contribution in [0.25, 0.3) is 0 Å². The van der Waals surface area contributed by atoms with Crippen LogP contribution < -0.4 is 0 Å². The van der Waals surface area contributed by atoms with E-state index in [1.807, 2.05) is 13.8 Å². The van der Waals surface area contributed by atoms with Crippen LogP contribution in [-0.4, -0.2) is 20.9 Å². The second-order valence-corrected chi connectivity index (χ2v) is 5.85. The molecular formula is C16H18FN3O2. The lowest BCUT2D eigenvalue weighted by Crippen LogP contribution is -2.27. The molecule has 1 saturated heterocycles. The minimum Gasteiger partial charge on any atom is -0.337 e. The molecule has 1 aliphatic rings. The highest BCUT2D eigenvalue weighted by atomic mass is 19.1. The lowest BCUT2D eigenvalue weighted by molar-refractivity contribution is -0.129. The molecular weight excluding hydrogens is 285 g/mol. The molecule has 1 atom stereocenters. The minimum atomic E-state index is -0.286. The molecule has 116 valence electrons. The van der Waals surface area contributed by atoms with Crippen molar-refractivity contribution < 1.29 is 13.7 Å². The van der Waals surface area contributed by atoms with Crippen LogP contribution >= 0.6 is 0 Å². The number of amides is 1. The second-order valence-electron chi connectivity index (χ2n) is 5.85. The molecule has 3 rings (SSSR count). The monoisotopic (exact) mass is 303 g/mol. The first-order valence-corrected chi connectivity index (χ1v) is 7.42. The number of rotatable bonds is 4. The Labute approximate surface area is 128 Å². The highest BCUT2D eigenvalue weighted by molar-refractivity contribution is 5.78. The number of carbonyl (C=O) groups is 1. The van der Waals surface area contributed by atoms with Gasteiger partial charge < -0.3 is 9.42 Å². The molecule has 6 heteroatoms. The summed E-state index contributed by atoms with van der Waals surface area (Å²) in [7, 11) is 0. The fourth-order valence-electron chi connectivity index (χ4n) is 2.59. The number of benzene rings is 1. The van der Waals surface area contributed by atoms with Crippen molar-refractivity contribution in [3.63, 3.8) is 0 Å². The lowest BCUT2D eigenvalue weighted by atomic mass is 10.1. The lowest BCUT2D eigenvalue weighted by Gasteiger charge is -2.22. The van der Waals surface area contributed by atoms with Crippen molar-refractivity contribution in [2.75, 3.05) is 0 Å². The molecule has 22 heavy (non-hydrogen) atoms. The first-order chi connectivity index (χ1) is 10.5. The van der Waals surface area contributed by atoms with Crippen LogP contribution in [0.15, 0.2) is 28.8 Å². The van der Waals surface area contributed by atoms with E-state index in [9.17, 15) is 9.18 Å². The SMILES string of the molecule is CC(C)c1noc(C2CCC(=O)N2Cc2ccc(F)cc2)n1. The summed E-state index contributed by atoms with van der Waals surface area (Å²) in [6.45, 7) is 4.40. The van der Waals surface area contributed by atoms with E-state index in [4.69, 9.17) is 4.52 Å². The number of hydrogen-bond donors (Lipinski definition) is 0. The highest BCUT2D eigenvalue weighted by Crippen LogP contribution is 2.33. The van der Waals surface area contributed by atoms with Gasteiger partial charge in [-0.2, -0.15) is 4.98 Å². The van der Waals surface area contributed by atoms with Gasteiger partial charge in [0.1, 0.15) is 11.9 Å². The van der Waals surface area contributed by atoms with Crippen molar-refractivity contribution in [2.45, 2.75) is 45.2 Å². The van der Waals surface area contributed by atoms with Crippen LogP contribution in [0.4, 0.5) is 4.39 Å². The van der Waals surface area contributed by atoms with Crippen molar-refractivity contribution in [3.8, 4) is 0 Å². The van der Waals surface area contributed by atoms with Gasteiger partial charge in [-0.05, 0) is 24.1 Å². The summed E-state index contributed by atoms with van der Waals surface area (Å²) in [6.07, 6.45) is 1.13. The summed E-state index contributed by atoms with van der Waals surface area (Å²) in [4.78, 5) is 18.3. The number of hydrogen-bond acceptors (Lipinski definition) is 4. The summed E-state index contributed by atoms with van der Waals surface area (Å²) in [5.74, 6) is 1.08. The minimum absolute atomic E-state index is 0.0543. The average molecular weight is 303 g/mol. The Morgan fingerprint density at radius 2 is 2.09 bits per heavy atom. The molecule has 1 aliphatic heterocycles. The van der Waals surface area contributed by atoms with Crippen LogP contribution in [-0.2, 0) is 11.3 Å². The molecule has 1 aromatic heterocycles. The zero-order valence-electron chi connectivity index (χ0n) is 12.6. The third kappa shape index (κ3) is 2.86. The molecule has 0 bridgehead atoms. The number of aromatic nitrogens is 2. The van der Waals surface area contributed by atoms with E-state index >= 15 is 0 Å². The van der Waals surface area contributed by atoms with Crippen LogP contribution in [0.2, 0.25) is 0 Å². The van der Waals surface area contributed by atoms with E-state index in [1.165, 1.54) is 12.1 Å². The van der Waals surface area contributed by atoms with Crippen LogP contribution in [0, 0.1) is 5.82 Å². The van der Waals surface area contributed by atoms with Crippen molar-refractivity contribution in [1.82, 2.24) is 15.0 Å². The van der Waals surface area contributed by atoms with Gasteiger partial charge in [0.05, 0.1) is 0 Å². The van der Waals surface area contributed by atoms with Crippen molar-refractivity contribution in [1.29, 1.82) is 0 Å². The molecule has 2 heterocycles. The molecule has 1 unspecified atom stereocenters. The zero-order chi connectivity index (χ0) is 15.7. The molecule has 1 aromatic carbocycles. The number of carbonyl (C=O) groups excluding carboxylic acids is 1. The van der Waals surface area contributed by atoms with Gasteiger partial charge in [0.2, 0.25) is 11.8 Å². The third-order valence-electron chi connectivity index (χ3n) is 3.85. The van der Waals surface area contributed by atoms with Gasteiger partial charge in [0.25, 0.3) is 0 Å². The Balaban J connectivity index is 1.80. The Morgan fingerprint density at radius 3 is 2.73 bits per heavy atom. The summed E-state index contributed by atoms with van der Waals surface area (Å²) < 4.78 is 18.3.